The van der Waals surface area contributed by atoms with Crippen LogP contribution in [0.1, 0.15) is 31.2 Å². The molecule has 28 heavy (non-hydrogen) atoms. The van der Waals surface area contributed by atoms with Gasteiger partial charge in [0, 0.05) is 19.0 Å². The molecule has 2 fully saturated rings. The second-order valence-electron chi connectivity index (χ2n) is 7.78. The molecule has 3 atom stereocenters. The third-order valence-electron chi connectivity index (χ3n) is 5.67. The van der Waals surface area contributed by atoms with Crippen LogP contribution in [0.4, 0.5) is 0 Å². The first kappa shape index (κ1) is 20.6. The molecule has 1 aromatic rings. The molecule has 0 unspecified atom stereocenters. The minimum Gasteiger partial charge on any atom is -0.497 e. The third kappa shape index (κ3) is 5.69. The van der Waals surface area contributed by atoms with E-state index >= 15 is 0 Å². The van der Waals surface area contributed by atoms with Gasteiger partial charge in [-0.1, -0.05) is 12.1 Å². The predicted molar refractivity (Wildman–Crippen MR) is 106 cm³/mol. The summed E-state index contributed by atoms with van der Waals surface area (Å²) < 4.78 is 5.17. The van der Waals surface area contributed by atoms with E-state index in [9.17, 15) is 14.7 Å². The van der Waals surface area contributed by atoms with Gasteiger partial charge in [-0.2, -0.15) is 0 Å². The minimum atomic E-state index is -0.691. The number of hydrogen-bond acceptors (Lipinski definition) is 5. The number of benzene rings is 1. The van der Waals surface area contributed by atoms with E-state index in [0.29, 0.717) is 25.1 Å². The van der Waals surface area contributed by atoms with Crippen LogP contribution in [0, 0.1) is 5.92 Å². The average Bonchev–Trinajstić information content (AvgIpc) is 3.32. The molecule has 7 nitrogen and oxygen atoms in total. The summed E-state index contributed by atoms with van der Waals surface area (Å²) in [6.07, 6.45) is 2.86. The Bertz CT molecular complexity index is 675. The Morgan fingerprint density at radius 2 is 2.04 bits per heavy atom. The second-order valence-corrected chi connectivity index (χ2v) is 7.78. The van der Waals surface area contributed by atoms with Crippen LogP contribution in [0.15, 0.2) is 24.3 Å². The average molecular weight is 389 g/mol. The van der Waals surface area contributed by atoms with Crippen LogP contribution in [-0.4, -0.2) is 67.3 Å². The van der Waals surface area contributed by atoms with Crippen molar-refractivity contribution in [3.63, 3.8) is 0 Å². The SMILES string of the molecule is COc1cccc(CC(=O)N[C@@H]2C[C@H](C(=O)NCCN3CCCC3)C[C@H]2O)c1. The molecule has 0 aromatic heterocycles. The summed E-state index contributed by atoms with van der Waals surface area (Å²) in [6, 6.07) is 6.97. The van der Waals surface area contributed by atoms with Crippen LogP contribution in [0.5, 0.6) is 5.75 Å². The van der Waals surface area contributed by atoms with Gasteiger partial charge in [0.2, 0.25) is 11.8 Å². The molecule has 1 heterocycles. The van der Waals surface area contributed by atoms with Crippen molar-refractivity contribution in [1.82, 2.24) is 15.5 Å². The van der Waals surface area contributed by atoms with E-state index in [-0.39, 0.29) is 30.2 Å². The fourth-order valence-corrected chi connectivity index (χ4v) is 4.10. The Balaban J connectivity index is 1.42. The number of amides is 2. The number of hydrogen-bond donors (Lipinski definition) is 3. The number of nitrogens with one attached hydrogen (secondary N) is 2. The van der Waals surface area contributed by atoms with Gasteiger partial charge in [-0.05, 0) is 56.5 Å². The zero-order valence-corrected chi connectivity index (χ0v) is 16.5. The van der Waals surface area contributed by atoms with E-state index in [4.69, 9.17) is 4.74 Å². The van der Waals surface area contributed by atoms with Crippen molar-refractivity contribution < 1.29 is 19.4 Å². The lowest BCUT2D eigenvalue weighted by atomic mass is 10.1. The first-order chi connectivity index (χ1) is 13.5. The van der Waals surface area contributed by atoms with E-state index in [1.54, 1.807) is 7.11 Å². The molecule has 0 bridgehead atoms. The Labute approximate surface area is 166 Å². The van der Waals surface area contributed by atoms with Gasteiger partial charge >= 0.3 is 0 Å². The van der Waals surface area contributed by atoms with E-state index in [0.717, 1.165) is 25.2 Å². The highest BCUT2D eigenvalue weighted by atomic mass is 16.5. The van der Waals surface area contributed by atoms with Crippen molar-refractivity contribution in [1.29, 1.82) is 0 Å². The van der Waals surface area contributed by atoms with Gasteiger partial charge in [-0.15, -0.1) is 0 Å². The smallest absolute Gasteiger partial charge is 0.224 e. The lowest BCUT2D eigenvalue weighted by Crippen LogP contribution is -2.41. The zero-order chi connectivity index (χ0) is 19.9. The highest BCUT2D eigenvalue weighted by Crippen LogP contribution is 2.26. The first-order valence-electron chi connectivity index (χ1n) is 10.2. The topological polar surface area (TPSA) is 90.9 Å². The standard InChI is InChI=1S/C21H31N3O4/c1-28-17-6-4-5-15(11-17)12-20(26)23-18-13-16(14-19(18)25)21(27)22-7-10-24-8-2-3-9-24/h4-6,11,16,18-19,25H,2-3,7-10,12-14H2,1H3,(H,22,27)(H,23,26)/t16-,18+,19+/m0/s1. The van der Waals surface area contributed by atoms with Crippen molar-refractivity contribution in [3.8, 4) is 5.75 Å². The third-order valence-corrected chi connectivity index (χ3v) is 5.67. The monoisotopic (exact) mass is 389 g/mol. The van der Waals surface area contributed by atoms with Crippen molar-refractivity contribution >= 4 is 11.8 Å². The van der Waals surface area contributed by atoms with E-state index in [2.05, 4.69) is 15.5 Å². The van der Waals surface area contributed by atoms with Gasteiger partial charge in [-0.25, -0.2) is 0 Å². The molecular weight excluding hydrogens is 358 g/mol. The first-order valence-corrected chi connectivity index (χ1v) is 10.2. The molecule has 2 amide bonds. The number of carbonyl (C=O) groups is 2. The minimum absolute atomic E-state index is 0.0252. The maximum absolute atomic E-state index is 12.4. The summed E-state index contributed by atoms with van der Waals surface area (Å²) >= 11 is 0. The van der Waals surface area contributed by atoms with Crippen LogP contribution in [0.2, 0.25) is 0 Å². The fraction of sp³-hybridized carbons (Fsp3) is 0.619. The number of aliphatic hydroxyl groups is 1. The Morgan fingerprint density at radius 1 is 1.25 bits per heavy atom. The molecular formula is C21H31N3O4. The summed E-state index contributed by atoms with van der Waals surface area (Å²) in [5.74, 6) is 0.266. The van der Waals surface area contributed by atoms with Crippen LogP contribution in [0.3, 0.4) is 0 Å². The van der Waals surface area contributed by atoms with Gasteiger partial charge in [0.25, 0.3) is 0 Å². The van der Waals surface area contributed by atoms with Gasteiger partial charge < -0.3 is 25.4 Å². The van der Waals surface area contributed by atoms with Gasteiger partial charge in [0.1, 0.15) is 5.75 Å². The fourth-order valence-electron chi connectivity index (χ4n) is 4.10. The molecule has 1 aliphatic carbocycles. The van der Waals surface area contributed by atoms with Gasteiger partial charge in [-0.3, -0.25) is 9.59 Å². The number of nitrogens with zero attached hydrogens (tertiary/aromatic N) is 1. The molecule has 1 aromatic carbocycles. The Kier molecular flexibility index (Phi) is 7.28. The molecule has 1 saturated carbocycles. The maximum Gasteiger partial charge on any atom is 0.224 e. The second kappa shape index (κ2) is 9.89. The van der Waals surface area contributed by atoms with Crippen LogP contribution < -0.4 is 15.4 Å². The molecule has 1 saturated heterocycles. The molecule has 7 heteroatoms. The molecule has 1 aliphatic heterocycles. The largest absolute Gasteiger partial charge is 0.497 e. The molecule has 3 rings (SSSR count). The molecule has 2 aliphatic rings. The quantitative estimate of drug-likeness (QED) is 0.609. The number of likely N-dealkylation sites (tertiary alicyclic amines) is 1. The van der Waals surface area contributed by atoms with E-state index < -0.39 is 6.10 Å². The van der Waals surface area contributed by atoms with E-state index in [1.165, 1.54) is 12.8 Å². The summed E-state index contributed by atoms with van der Waals surface area (Å²) in [4.78, 5) is 27.1. The zero-order valence-electron chi connectivity index (χ0n) is 16.5. The molecule has 0 spiro atoms. The summed E-state index contributed by atoms with van der Waals surface area (Å²) in [5, 5.41) is 16.1. The number of ether oxygens (including phenoxy) is 1. The molecule has 154 valence electrons. The lowest BCUT2D eigenvalue weighted by Gasteiger charge is -2.17. The molecule has 0 radical (unpaired) electrons. The van der Waals surface area contributed by atoms with Crippen LogP contribution in [-0.2, 0) is 16.0 Å². The number of rotatable bonds is 8. The van der Waals surface area contributed by atoms with Crippen molar-refractivity contribution in [2.75, 3.05) is 33.3 Å². The predicted octanol–water partition coefficient (Wildman–Crippen LogP) is 0.705. The van der Waals surface area contributed by atoms with Crippen LogP contribution >= 0.6 is 0 Å². The van der Waals surface area contributed by atoms with Crippen LogP contribution in [0.25, 0.3) is 0 Å². The maximum atomic E-state index is 12.4. The number of aliphatic hydroxyl groups excluding tert-OH is 1. The summed E-state index contributed by atoms with van der Waals surface area (Å²) in [7, 11) is 1.59. The number of methoxy groups -OCH3 is 1. The highest BCUT2D eigenvalue weighted by Gasteiger charge is 2.37. The number of carbonyl (C=O) groups excluding carboxylic acids is 2. The summed E-state index contributed by atoms with van der Waals surface area (Å²) in [6.45, 7) is 3.73. The Hall–Kier alpha value is -2.12. The van der Waals surface area contributed by atoms with Crippen molar-refractivity contribution in [3.05, 3.63) is 29.8 Å². The lowest BCUT2D eigenvalue weighted by molar-refractivity contribution is -0.125. The summed E-state index contributed by atoms with van der Waals surface area (Å²) in [5.41, 5.74) is 0.848. The normalized spacial score (nSPS) is 24.9. The van der Waals surface area contributed by atoms with E-state index in [1.807, 2.05) is 24.3 Å². The van der Waals surface area contributed by atoms with Crippen molar-refractivity contribution in [2.45, 2.75) is 44.2 Å². The molecule has 3 N–H and O–H groups in total. The highest BCUT2D eigenvalue weighted by molar-refractivity contribution is 5.81. The van der Waals surface area contributed by atoms with Crippen molar-refractivity contribution in [2.24, 2.45) is 5.92 Å². The van der Waals surface area contributed by atoms with Gasteiger partial charge in [0.15, 0.2) is 0 Å². The Morgan fingerprint density at radius 3 is 2.79 bits per heavy atom. The van der Waals surface area contributed by atoms with Gasteiger partial charge in [0.05, 0.1) is 25.7 Å².